The zero-order chi connectivity index (χ0) is 23.2. The normalized spacial score (nSPS) is 15.6. The summed E-state index contributed by atoms with van der Waals surface area (Å²) < 4.78 is 13.3. The highest BCUT2D eigenvalue weighted by Crippen LogP contribution is 2.22. The van der Waals surface area contributed by atoms with E-state index in [0.717, 1.165) is 19.4 Å². The van der Waals surface area contributed by atoms with E-state index < -0.39 is 0 Å². The van der Waals surface area contributed by atoms with E-state index in [0.29, 0.717) is 29.1 Å². The number of halogens is 1. The predicted molar refractivity (Wildman–Crippen MR) is 124 cm³/mol. The highest BCUT2D eigenvalue weighted by molar-refractivity contribution is 5.97. The van der Waals surface area contributed by atoms with Gasteiger partial charge in [0.1, 0.15) is 5.82 Å². The average molecular weight is 449 g/mol. The van der Waals surface area contributed by atoms with Crippen LogP contribution in [0.5, 0.6) is 0 Å². The van der Waals surface area contributed by atoms with Gasteiger partial charge in [-0.1, -0.05) is 24.3 Å². The Morgan fingerprint density at radius 1 is 1.18 bits per heavy atom. The second kappa shape index (κ2) is 10.2. The van der Waals surface area contributed by atoms with Gasteiger partial charge in [-0.25, -0.2) is 14.4 Å². The molecule has 2 amide bonds. The molecule has 2 heterocycles. The van der Waals surface area contributed by atoms with Gasteiger partial charge in [0.05, 0.1) is 18.3 Å². The first-order valence-corrected chi connectivity index (χ1v) is 10.8. The predicted octanol–water partition coefficient (Wildman–Crippen LogP) is 2.53. The number of benzene rings is 2. The van der Waals surface area contributed by atoms with Crippen LogP contribution in [0.2, 0.25) is 0 Å². The monoisotopic (exact) mass is 448 g/mol. The van der Waals surface area contributed by atoms with Crippen LogP contribution in [-0.2, 0) is 11.2 Å². The number of carbonyl (C=O) groups is 2. The smallest absolute Gasteiger partial charge is 0.274 e. The molecule has 1 aromatic heterocycles. The van der Waals surface area contributed by atoms with Crippen molar-refractivity contribution in [3.63, 3.8) is 0 Å². The fourth-order valence-corrected chi connectivity index (χ4v) is 3.73. The number of carbonyl (C=O) groups excluding carboxylic acids is 2. The SMILES string of the molecule is Nc1ncc(-c2cccc(NC(=O)Cc3cccc(F)c3)c2)nc1C(=O)NC1CCCNC1. The van der Waals surface area contributed by atoms with Gasteiger partial charge in [0.25, 0.3) is 5.91 Å². The van der Waals surface area contributed by atoms with E-state index in [1.54, 1.807) is 36.4 Å². The van der Waals surface area contributed by atoms with Crippen LogP contribution in [0.1, 0.15) is 28.9 Å². The number of rotatable bonds is 6. The summed E-state index contributed by atoms with van der Waals surface area (Å²) in [6.07, 6.45) is 3.42. The van der Waals surface area contributed by atoms with Crippen molar-refractivity contribution < 1.29 is 14.0 Å². The lowest BCUT2D eigenvalue weighted by Gasteiger charge is -2.23. The van der Waals surface area contributed by atoms with Crippen molar-refractivity contribution in [1.29, 1.82) is 0 Å². The lowest BCUT2D eigenvalue weighted by atomic mass is 10.1. The van der Waals surface area contributed by atoms with Gasteiger partial charge >= 0.3 is 0 Å². The van der Waals surface area contributed by atoms with Gasteiger partial charge in [0.2, 0.25) is 5.91 Å². The molecule has 1 aliphatic heterocycles. The van der Waals surface area contributed by atoms with E-state index in [2.05, 4.69) is 25.9 Å². The standard InChI is InChI=1S/C24H25FN6O2/c25-17-6-1-4-15(10-17)11-21(32)29-18-7-2-5-16(12-18)20-14-28-23(26)22(31-20)24(33)30-19-8-3-9-27-13-19/h1-2,4-7,10,12,14,19,27H,3,8-9,11,13H2,(H2,26,28)(H,29,32)(H,30,33). The number of piperidine rings is 1. The minimum atomic E-state index is -0.385. The van der Waals surface area contributed by atoms with Crippen molar-refractivity contribution in [3.05, 3.63) is 71.8 Å². The zero-order valence-corrected chi connectivity index (χ0v) is 18.0. The average Bonchev–Trinajstić information content (AvgIpc) is 2.80. The van der Waals surface area contributed by atoms with E-state index in [-0.39, 0.29) is 41.6 Å². The number of nitrogens with one attached hydrogen (secondary N) is 3. The molecular weight excluding hydrogens is 423 g/mol. The Balaban J connectivity index is 1.47. The molecule has 3 aromatic rings. The molecule has 4 rings (SSSR count). The summed E-state index contributed by atoms with van der Waals surface area (Å²) in [5.74, 6) is -0.971. The molecule has 1 unspecified atom stereocenters. The molecule has 0 bridgehead atoms. The lowest BCUT2D eigenvalue weighted by Crippen LogP contribution is -2.46. The first kappa shape index (κ1) is 22.3. The Kier molecular flexibility index (Phi) is 6.89. The Hall–Kier alpha value is -3.85. The van der Waals surface area contributed by atoms with Crippen molar-refractivity contribution in [2.24, 2.45) is 0 Å². The van der Waals surface area contributed by atoms with Gasteiger partial charge in [0, 0.05) is 23.8 Å². The third-order valence-electron chi connectivity index (χ3n) is 5.34. The summed E-state index contributed by atoms with van der Waals surface area (Å²) in [4.78, 5) is 33.7. The van der Waals surface area contributed by atoms with E-state index in [1.165, 1.54) is 18.3 Å². The lowest BCUT2D eigenvalue weighted by molar-refractivity contribution is -0.115. The molecule has 33 heavy (non-hydrogen) atoms. The van der Waals surface area contributed by atoms with Gasteiger partial charge in [0.15, 0.2) is 11.5 Å². The number of nitrogens with zero attached hydrogens (tertiary/aromatic N) is 2. The molecule has 8 nitrogen and oxygen atoms in total. The molecule has 0 aliphatic carbocycles. The summed E-state index contributed by atoms with van der Waals surface area (Å²) in [7, 11) is 0. The molecule has 1 atom stereocenters. The summed E-state index contributed by atoms with van der Waals surface area (Å²) in [5, 5.41) is 9.00. The molecule has 2 aromatic carbocycles. The van der Waals surface area contributed by atoms with Crippen molar-refractivity contribution in [1.82, 2.24) is 20.6 Å². The highest BCUT2D eigenvalue weighted by atomic mass is 19.1. The number of hydrogen-bond donors (Lipinski definition) is 4. The van der Waals surface area contributed by atoms with Crippen molar-refractivity contribution in [2.75, 3.05) is 24.1 Å². The first-order valence-electron chi connectivity index (χ1n) is 10.8. The maximum absolute atomic E-state index is 13.3. The zero-order valence-electron chi connectivity index (χ0n) is 18.0. The van der Waals surface area contributed by atoms with Crippen LogP contribution >= 0.6 is 0 Å². The van der Waals surface area contributed by atoms with Gasteiger partial charge in [-0.05, 0) is 49.2 Å². The molecule has 1 aliphatic rings. The van der Waals surface area contributed by atoms with E-state index in [9.17, 15) is 14.0 Å². The summed E-state index contributed by atoms with van der Waals surface area (Å²) in [5.41, 5.74) is 8.24. The fourth-order valence-electron chi connectivity index (χ4n) is 3.73. The topological polar surface area (TPSA) is 122 Å². The second-order valence-corrected chi connectivity index (χ2v) is 7.94. The maximum atomic E-state index is 13.3. The van der Waals surface area contributed by atoms with Crippen molar-refractivity contribution >= 4 is 23.3 Å². The van der Waals surface area contributed by atoms with E-state index >= 15 is 0 Å². The van der Waals surface area contributed by atoms with Crippen LogP contribution in [-0.4, -0.2) is 40.9 Å². The van der Waals surface area contributed by atoms with Crippen LogP contribution in [0.3, 0.4) is 0 Å². The molecule has 0 saturated carbocycles. The number of nitrogens with two attached hydrogens (primary N) is 1. The van der Waals surface area contributed by atoms with Crippen LogP contribution in [0.15, 0.2) is 54.7 Å². The highest BCUT2D eigenvalue weighted by Gasteiger charge is 2.20. The quantitative estimate of drug-likeness (QED) is 0.460. The third-order valence-corrected chi connectivity index (χ3v) is 5.34. The number of anilines is 2. The largest absolute Gasteiger partial charge is 0.382 e. The summed E-state index contributed by atoms with van der Waals surface area (Å²) in [6, 6.07) is 13.0. The molecule has 170 valence electrons. The molecule has 1 saturated heterocycles. The van der Waals surface area contributed by atoms with Crippen LogP contribution in [0.4, 0.5) is 15.9 Å². The number of nitrogen functional groups attached to an aromatic ring is 1. The van der Waals surface area contributed by atoms with Crippen molar-refractivity contribution in [2.45, 2.75) is 25.3 Å². The number of hydrogen-bond acceptors (Lipinski definition) is 6. The molecule has 5 N–H and O–H groups in total. The Morgan fingerprint density at radius 3 is 2.82 bits per heavy atom. The number of amides is 2. The summed E-state index contributed by atoms with van der Waals surface area (Å²) >= 11 is 0. The third kappa shape index (κ3) is 5.89. The number of aromatic nitrogens is 2. The van der Waals surface area contributed by atoms with Gasteiger partial charge in [-0.15, -0.1) is 0 Å². The first-order chi connectivity index (χ1) is 16.0. The van der Waals surface area contributed by atoms with Crippen LogP contribution in [0, 0.1) is 5.82 Å². The van der Waals surface area contributed by atoms with E-state index in [4.69, 9.17) is 5.73 Å². The summed E-state index contributed by atoms with van der Waals surface area (Å²) in [6.45, 7) is 1.65. The molecule has 9 heteroatoms. The van der Waals surface area contributed by atoms with Crippen molar-refractivity contribution in [3.8, 4) is 11.3 Å². The van der Waals surface area contributed by atoms with Crippen LogP contribution in [0.25, 0.3) is 11.3 Å². The molecule has 0 radical (unpaired) electrons. The van der Waals surface area contributed by atoms with Gasteiger partial charge < -0.3 is 21.7 Å². The Labute approximate surface area is 190 Å². The molecule has 1 fully saturated rings. The maximum Gasteiger partial charge on any atom is 0.274 e. The Morgan fingerprint density at radius 2 is 2.03 bits per heavy atom. The Bertz CT molecular complexity index is 1160. The minimum absolute atomic E-state index is 0.0211. The molecular formula is C24H25FN6O2. The fraction of sp³-hybridized carbons (Fsp3) is 0.250. The molecule has 0 spiro atoms. The van der Waals surface area contributed by atoms with Gasteiger partial charge in [-0.3, -0.25) is 9.59 Å². The van der Waals surface area contributed by atoms with Gasteiger partial charge in [-0.2, -0.15) is 0 Å². The van der Waals surface area contributed by atoms with Crippen LogP contribution < -0.4 is 21.7 Å². The minimum Gasteiger partial charge on any atom is -0.382 e. The second-order valence-electron chi connectivity index (χ2n) is 7.94. The van der Waals surface area contributed by atoms with E-state index in [1.807, 2.05) is 0 Å².